The second-order valence-electron chi connectivity index (χ2n) is 7.92. The number of aryl methyl sites for hydroxylation is 1. The van der Waals surface area contributed by atoms with Crippen molar-refractivity contribution in [3.05, 3.63) is 69.1 Å². The van der Waals surface area contributed by atoms with E-state index in [9.17, 15) is 13.6 Å². The van der Waals surface area contributed by atoms with Gasteiger partial charge in [-0.15, -0.1) is 11.3 Å². The Morgan fingerprint density at radius 2 is 2.12 bits per heavy atom. The minimum Gasteiger partial charge on any atom is -0.395 e. The van der Waals surface area contributed by atoms with Crippen LogP contribution in [-0.2, 0) is 17.8 Å². The maximum Gasteiger partial charge on any atom is 0.271 e. The number of aromatic nitrogens is 2. The number of thiophene rings is 1. The van der Waals surface area contributed by atoms with Gasteiger partial charge in [-0.3, -0.25) is 14.4 Å². The van der Waals surface area contributed by atoms with Crippen molar-refractivity contribution in [2.24, 2.45) is 4.99 Å². The summed E-state index contributed by atoms with van der Waals surface area (Å²) in [4.78, 5) is 22.8. The zero-order chi connectivity index (χ0) is 23.1. The van der Waals surface area contributed by atoms with E-state index in [0.717, 1.165) is 23.3 Å². The lowest BCUT2D eigenvalue weighted by molar-refractivity contribution is 0.0940. The van der Waals surface area contributed by atoms with Crippen molar-refractivity contribution in [2.75, 3.05) is 19.8 Å². The number of halogens is 2. The second-order valence-corrected chi connectivity index (χ2v) is 9.01. The molecule has 0 unspecified atom stereocenters. The zero-order valence-electron chi connectivity index (χ0n) is 17.9. The molecule has 0 saturated carbocycles. The van der Waals surface area contributed by atoms with Crippen LogP contribution in [0.3, 0.4) is 0 Å². The van der Waals surface area contributed by atoms with Gasteiger partial charge in [0, 0.05) is 35.4 Å². The Bertz CT molecular complexity index is 1250. The fourth-order valence-electron chi connectivity index (χ4n) is 4.23. The highest BCUT2D eigenvalue weighted by atomic mass is 32.1. The molecule has 0 bridgehead atoms. The summed E-state index contributed by atoms with van der Waals surface area (Å²) in [5.74, 6) is -1.30. The Hall–Kier alpha value is -2.95. The van der Waals surface area contributed by atoms with Crippen LogP contribution in [0.4, 0.5) is 8.78 Å². The number of hydrogen-bond donors (Lipinski definition) is 2. The van der Waals surface area contributed by atoms with E-state index in [4.69, 9.17) is 14.8 Å². The average molecular weight is 473 g/mol. The molecule has 1 aromatic carbocycles. The second kappa shape index (κ2) is 8.77. The fraction of sp³-hybridized carbons (Fsp3) is 0.348. The SMILES string of the molecule is C[C@@H]1N=C(c2c(F)cccc2F)c2c(sc3c2COCCC3)-n2cc(C(=O)NCCO)nc21. The van der Waals surface area contributed by atoms with Crippen LogP contribution in [-0.4, -0.2) is 46.0 Å². The first-order valence-electron chi connectivity index (χ1n) is 10.7. The molecule has 4 heterocycles. The Labute approximate surface area is 192 Å². The molecule has 172 valence electrons. The third-order valence-electron chi connectivity index (χ3n) is 5.73. The van der Waals surface area contributed by atoms with Gasteiger partial charge in [0.05, 0.1) is 24.5 Å². The number of amides is 1. The number of nitrogens with zero attached hydrogens (tertiary/aromatic N) is 3. The lowest BCUT2D eigenvalue weighted by Gasteiger charge is -2.12. The first kappa shape index (κ1) is 21.9. The maximum atomic E-state index is 14.9. The minimum absolute atomic E-state index is 0.112. The normalized spacial score (nSPS) is 17.3. The summed E-state index contributed by atoms with van der Waals surface area (Å²) in [6, 6.07) is 3.20. The maximum absolute atomic E-state index is 14.9. The molecule has 1 amide bonds. The summed E-state index contributed by atoms with van der Waals surface area (Å²) >= 11 is 1.51. The summed E-state index contributed by atoms with van der Waals surface area (Å²) in [6.07, 6.45) is 3.24. The lowest BCUT2D eigenvalue weighted by atomic mass is 9.97. The van der Waals surface area contributed by atoms with E-state index in [1.165, 1.54) is 29.5 Å². The summed E-state index contributed by atoms with van der Waals surface area (Å²) in [5.41, 5.74) is 1.72. The van der Waals surface area contributed by atoms with Crippen LogP contribution < -0.4 is 5.32 Å². The number of aliphatic imine (C=N–C) groups is 1. The molecule has 33 heavy (non-hydrogen) atoms. The average Bonchev–Trinajstić information content (AvgIpc) is 3.28. The number of carbonyl (C=O) groups excluding carboxylic acids is 1. The minimum atomic E-state index is -0.690. The predicted molar refractivity (Wildman–Crippen MR) is 119 cm³/mol. The highest BCUT2D eigenvalue weighted by molar-refractivity contribution is 7.15. The molecule has 5 rings (SSSR count). The monoisotopic (exact) mass is 472 g/mol. The largest absolute Gasteiger partial charge is 0.395 e. The number of fused-ring (bicyclic) bond motifs is 5. The number of carbonyl (C=O) groups is 1. The van der Waals surface area contributed by atoms with E-state index in [0.29, 0.717) is 29.6 Å². The number of imidazole rings is 1. The molecule has 10 heteroatoms. The van der Waals surface area contributed by atoms with Gasteiger partial charge in [0.1, 0.15) is 34.2 Å². The molecule has 2 N–H and O–H groups in total. The van der Waals surface area contributed by atoms with Gasteiger partial charge in [0.15, 0.2) is 0 Å². The molecule has 0 fully saturated rings. The molecule has 0 saturated heterocycles. The van der Waals surface area contributed by atoms with Crippen LogP contribution in [0, 0.1) is 11.6 Å². The molecule has 0 aliphatic carbocycles. The van der Waals surface area contributed by atoms with Crippen molar-refractivity contribution in [3.8, 4) is 5.00 Å². The van der Waals surface area contributed by atoms with Crippen LogP contribution in [0.2, 0.25) is 0 Å². The third-order valence-corrected chi connectivity index (χ3v) is 7.02. The Kier molecular flexibility index (Phi) is 5.81. The molecule has 3 aromatic rings. The molecule has 1 atom stereocenters. The van der Waals surface area contributed by atoms with E-state index < -0.39 is 23.6 Å². The first-order valence-corrected chi connectivity index (χ1v) is 11.5. The van der Waals surface area contributed by atoms with Gasteiger partial charge in [-0.25, -0.2) is 13.8 Å². The molecule has 0 radical (unpaired) electrons. The van der Waals surface area contributed by atoms with E-state index in [1.54, 1.807) is 17.7 Å². The van der Waals surface area contributed by atoms with Gasteiger partial charge in [-0.05, 0) is 31.9 Å². The van der Waals surface area contributed by atoms with Crippen molar-refractivity contribution in [1.82, 2.24) is 14.9 Å². The lowest BCUT2D eigenvalue weighted by Crippen LogP contribution is -2.26. The molecule has 7 nitrogen and oxygen atoms in total. The number of aliphatic hydroxyl groups is 1. The van der Waals surface area contributed by atoms with Crippen molar-refractivity contribution in [3.63, 3.8) is 0 Å². The number of ether oxygens (including phenoxy) is 1. The van der Waals surface area contributed by atoms with Gasteiger partial charge in [0.25, 0.3) is 5.91 Å². The highest BCUT2D eigenvalue weighted by Crippen LogP contribution is 2.41. The Morgan fingerprint density at radius 1 is 1.33 bits per heavy atom. The summed E-state index contributed by atoms with van der Waals surface area (Å²) < 4.78 is 37.4. The van der Waals surface area contributed by atoms with Crippen LogP contribution in [0.1, 0.15) is 57.3 Å². The fourth-order valence-corrected chi connectivity index (χ4v) is 5.56. The van der Waals surface area contributed by atoms with Crippen LogP contribution in [0.15, 0.2) is 29.4 Å². The quantitative estimate of drug-likeness (QED) is 0.610. The van der Waals surface area contributed by atoms with E-state index in [1.807, 2.05) is 0 Å². The van der Waals surface area contributed by atoms with Crippen molar-refractivity contribution in [1.29, 1.82) is 0 Å². The van der Waals surface area contributed by atoms with Gasteiger partial charge in [-0.1, -0.05) is 6.07 Å². The predicted octanol–water partition coefficient (Wildman–Crippen LogP) is 3.31. The van der Waals surface area contributed by atoms with E-state index >= 15 is 0 Å². The molecule has 0 spiro atoms. The van der Waals surface area contributed by atoms with Crippen molar-refractivity contribution >= 4 is 23.0 Å². The molecule has 2 aromatic heterocycles. The van der Waals surface area contributed by atoms with Crippen molar-refractivity contribution < 1.29 is 23.4 Å². The molecular weight excluding hydrogens is 450 g/mol. The zero-order valence-corrected chi connectivity index (χ0v) is 18.7. The smallest absolute Gasteiger partial charge is 0.271 e. The van der Waals surface area contributed by atoms with Gasteiger partial charge in [0.2, 0.25) is 0 Å². The van der Waals surface area contributed by atoms with E-state index in [-0.39, 0.29) is 30.1 Å². The number of aliphatic hydroxyl groups excluding tert-OH is 1. The highest BCUT2D eigenvalue weighted by Gasteiger charge is 2.33. The molecule has 2 aliphatic rings. The van der Waals surface area contributed by atoms with Gasteiger partial charge < -0.3 is 15.2 Å². The number of benzene rings is 1. The topological polar surface area (TPSA) is 88.7 Å². The van der Waals surface area contributed by atoms with Crippen molar-refractivity contribution in [2.45, 2.75) is 32.4 Å². The van der Waals surface area contributed by atoms with Crippen LogP contribution >= 0.6 is 11.3 Å². The number of hydrogen-bond acceptors (Lipinski definition) is 6. The number of nitrogens with one attached hydrogen (secondary N) is 1. The standard InChI is InChI=1S/C23H22F2N4O3S/c1-12-21-28-16(22(31)26-7-8-30)10-29(21)23-18(13-11-32-9-3-6-17(13)33-23)20(27-12)19-14(24)4-2-5-15(19)25/h2,4-5,10,12,30H,3,6-9,11H2,1H3,(H,26,31)/t12-/m0/s1. The van der Waals surface area contributed by atoms with Gasteiger partial charge >= 0.3 is 0 Å². The van der Waals surface area contributed by atoms with Crippen LogP contribution in [0.25, 0.3) is 5.00 Å². The molecule has 2 aliphatic heterocycles. The van der Waals surface area contributed by atoms with Gasteiger partial charge in [-0.2, -0.15) is 0 Å². The van der Waals surface area contributed by atoms with Crippen LogP contribution in [0.5, 0.6) is 0 Å². The Morgan fingerprint density at radius 3 is 2.88 bits per heavy atom. The third kappa shape index (κ3) is 3.77. The summed E-state index contributed by atoms with van der Waals surface area (Å²) in [5, 5.41) is 12.3. The Balaban J connectivity index is 1.74. The van der Waals surface area contributed by atoms with E-state index in [2.05, 4.69) is 10.3 Å². The summed E-state index contributed by atoms with van der Waals surface area (Å²) in [7, 11) is 0. The first-order chi connectivity index (χ1) is 16.0. The number of rotatable bonds is 4. The summed E-state index contributed by atoms with van der Waals surface area (Å²) in [6.45, 7) is 2.64. The molecular formula is C23H22F2N4O3S.